The van der Waals surface area contributed by atoms with E-state index in [1.807, 2.05) is 36.4 Å². The maximum absolute atomic E-state index is 5.88. The van der Waals surface area contributed by atoms with Crippen LogP contribution in [0.25, 0.3) is 0 Å². The van der Waals surface area contributed by atoms with Gasteiger partial charge in [0.25, 0.3) is 0 Å². The van der Waals surface area contributed by atoms with E-state index in [2.05, 4.69) is 20.9 Å². The van der Waals surface area contributed by atoms with E-state index >= 15 is 0 Å². The molecule has 0 aliphatic carbocycles. The van der Waals surface area contributed by atoms with Gasteiger partial charge < -0.3 is 4.74 Å². The second kappa shape index (κ2) is 5.32. The van der Waals surface area contributed by atoms with Crippen molar-refractivity contribution in [2.45, 2.75) is 6.61 Å². The molecule has 0 aliphatic rings. The molecule has 0 spiro atoms. The maximum Gasteiger partial charge on any atom is 0.152 e. The Labute approximate surface area is 107 Å². The van der Waals surface area contributed by atoms with Gasteiger partial charge in [0.2, 0.25) is 0 Å². The van der Waals surface area contributed by atoms with Crippen LogP contribution >= 0.6 is 27.5 Å². The van der Waals surface area contributed by atoms with E-state index in [9.17, 15) is 0 Å². The minimum Gasteiger partial charge on any atom is -0.486 e. The van der Waals surface area contributed by atoms with E-state index < -0.39 is 0 Å². The predicted molar refractivity (Wildman–Crippen MR) is 67.7 cm³/mol. The van der Waals surface area contributed by atoms with Crippen LogP contribution in [0, 0.1) is 0 Å². The number of ether oxygens (including phenoxy) is 1. The van der Waals surface area contributed by atoms with Gasteiger partial charge in [-0.25, -0.2) is 4.98 Å². The van der Waals surface area contributed by atoms with Crippen molar-refractivity contribution in [1.29, 1.82) is 0 Å². The van der Waals surface area contributed by atoms with Crippen molar-refractivity contribution < 1.29 is 4.74 Å². The zero-order chi connectivity index (χ0) is 11.4. The topological polar surface area (TPSA) is 22.1 Å². The second-order valence-electron chi connectivity index (χ2n) is 3.21. The van der Waals surface area contributed by atoms with Crippen LogP contribution in [0.2, 0.25) is 5.02 Å². The van der Waals surface area contributed by atoms with Gasteiger partial charge >= 0.3 is 0 Å². The van der Waals surface area contributed by atoms with E-state index in [0.717, 1.165) is 11.3 Å². The van der Waals surface area contributed by atoms with Gasteiger partial charge in [0, 0.05) is 11.2 Å². The Bertz CT molecular complexity index is 490. The molecule has 0 bridgehead atoms. The first-order valence-corrected chi connectivity index (χ1v) is 5.90. The highest BCUT2D eigenvalue weighted by Crippen LogP contribution is 2.22. The Morgan fingerprint density at radius 3 is 2.88 bits per heavy atom. The van der Waals surface area contributed by atoms with E-state index in [1.54, 1.807) is 6.20 Å². The Kier molecular flexibility index (Phi) is 3.80. The summed E-state index contributed by atoms with van der Waals surface area (Å²) in [5.41, 5.74) is 1.03. The molecule has 82 valence electrons. The average Bonchev–Trinajstić information content (AvgIpc) is 2.28. The maximum atomic E-state index is 5.88. The molecule has 4 heteroatoms. The normalized spacial score (nSPS) is 10.1. The molecular formula is C12H9BrClNO. The molecule has 1 aromatic heterocycles. The average molecular weight is 299 g/mol. The minimum absolute atomic E-state index is 0.477. The number of benzene rings is 1. The monoisotopic (exact) mass is 297 g/mol. The molecule has 16 heavy (non-hydrogen) atoms. The van der Waals surface area contributed by atoms with E-state index in [-0.39, 0.29) is 0 Å². The van der Waals surface area contributed by atoms with Gasteiger partial charge in [0.1, 0.15) is 11.2 Å². The summed E-state index contributed by atoms with van der Waals surface area (Å²) < 4.78 is 6.32. The molecule has 0 radical (unpaired) electrons. The second-order valence-corrected chi connectivity index (χ2v) is 4.40. The van der Waals surface area contributed by atoms with Gasteiger partial charge in [-0.15, -0.1) is 0 Å². The Hall–Kier alpha value is -1.06. The lowest BCUT2D eigenvalue weighted by molar-refractivity contribution is 0.302. The fraction of sp³-hybridized carbons (Fsp3) is 0.0833. The lowest BCUT2D eigenvalue weighted by Gasteiger charge is -2.07. The van der Waals surface area contributed by atoms with E-state index in [1.165, 1.54) is 0 Å². The predicted octanol–water partition coefficient (Wildman–Crippen LogP) is 4.08. The van der Waals surface area contributed by atoms with Gasteiger partial charge in [-0.3, -0.25) is 0 Å². The highest BCUT2D eigenvalue weighted by atomic mass is 79.9. The number of hydrogen-bond acceptors (Lipinski definition) is 2. The molecule has 1 heterocycles. The summed E-state index contributed by atoms with van der Waals surface area (Å²) in [6, 6.07) is 11.3. The summed E-state index contributed by atoms with van der Waals surface area (Å²) in [7, 11) is 0. The highest BCUT2D eigenvalue weighted by Gasteiger charge is 2.01. The molecule has 0 N–H and O–H groups in total. The van der Waals surface area contributed by atoms with Crippen LogP contribution in [0.15, 0.2) is 47.2 Å². The van der Waals surface area contributed by atoms with Gasteiger partial charge in [0.05, 0.1) is 0 Å². The van der Waals surface area contributed by atoms with Crippen molar-refractivity contribution >= 4 is 27.5 Å². The fourth-order valence-electron chi connectivity index (χ4n) is 1.27. The van der Waals surface area contributed by atoms with Crippen LogP contribution < -0.4 is 4.74 Å². The van der Waals surface area contributed by atoms with Crippen molar-refractivity contribution in [2.24, 2.45) is 0 Å². The summed E-state index contributed by atoms with van der Waals surface area (Å²) in [6.07, 6.45) is 1.70. The standard InChI is InChI=1S/C12H9BrClNO/c13-12-11(5-2-6-15-12)16-8-9-3-1-4-10(14)7-9/h1-7H,8H2. The molecule has 2 nitrogen and oxygen atoms in total. The number of nitrogens with zero attached hydrogens (tertiary/aromatic N) is 1. The third-order valence-corrected chi connectivity index (χ3v) is 2.84. The molecule has 0 saturated carbocycles. The van der Waals surface area contributed by atoms with Crippen LogP contribution in [-0.2, 0) is 6.61 Å². The SMILES string of the molecule is Clc1cccc(COc2cccnc2Br)c1. The van der Waals surface area contributed by atoms with Gasteiger partial charge in [-0.2, -0.15) is 0 Å². The van der Waals surface area contributed by atoms with Gasteiger partial charge in [-0.1, -0.05) is 23.7 Å². The van der Waals surface area contributed by atoms with Gasteiger partial charge in [-0.05, 0) is 45.8 Å². The molecule has 0 unspecified atom stereocenters. The van der Waals surface area contributed by atoms with Crippen molar-refractivity contribution in [3.63, 3.8) is 0 Å². The van der Waals surface area contributed by atoms with Crippen LogP contribution in [-0.4, -0.2) is 4.98 Å². The van der Waals surface area contributed by atoms with Crippen molar-refractivity contribution in [3.8, 4) is 5.75 Å². The largest absolute Gasteiger partial charge is 0.486 e. The first-order valence-electron chi connectivity index (χ1n) is 4.73. The number of rotatable bonds is 3. The van der Waals surface area contributed by atoms with E-state index in [4.69, 9.17) is 16.3 Å². The summed E-state index contributed by atoms with van der Waals surface area (Å²) in [5.74, 6) is 0.725. The molecule has 0 amide bonds. The van der Waals surface area contributed by atoms with Crippen molar-refractivity contribution in [1.82, 2.24) is 4.98 Å². The number of pyridine rings is 1. The van der Waals surface area contributed by atoms with Crippen LogP contribution in [0.1, 0.15) is 5.56 Å². The first-order chi connectivity index (χ1) is 7.75. The highest BCUT2D eigenvalue weighted by molar-refractivity contribution is 9.10. The molecule has 1 aromatic carbocycles. The molecule has 0 atom stereocenters. The smallest absolute Gasteiger partial charge is 0.152 e. The molecule has 2 rings (SSSR count). The summed E-state index contributed by atoms with van der Waals surface area (Å²) in [4.78, 5) is 4.07. The van der Waals surface area contributed by atoms with Crippen molar-refractivity contribution in [2.75, 3.05) is 0 Å². The lowest BCUT2D eigenvalue weighted by Crippen LogP contribution is -1.96. The molecule has 0 saturated heterocycles. The van der Waals surface area contributed by atoms with Crippen molar-refractivity contribution in [3.05, 3.63) is 57.8 Å². The fourth-order valence-corrected chi connectivity index (χ4v) is 1.84. The Morgan fingerprint density at radius 2 is 2.12 bits per heavy atom. The number of halogens is 2. The van der Waals surface area contributed by atoms with Crippen LogP contribution in [0.3, 0.4) is 0 Å². The lowest BCUT2D eigenvalue weighted by atomic mass is 10.2. The summed E-state index contributed by atoms with van der Waals surface area (Å²) in [6.45, 7) is 0.477. The third-order valence-electron chi connectivity index (χ3n) is 2.01. The minimum atomic E-state index is 0.477. The quantitative estimate of drug-likeness (QED) is 0.797. The summed E-state index contributed by atoms with van der Waals surface area (Å²) in [5, 5.41) is 0.714. The zero-order valence-electron chi connectivity index (χ0n) is 8.36. The van der Waals surface area contributed by atoms with Gasteiger partial charge in [0.15, 0.2) is 5.75 Å². The number of aromatic nitrogens is 1. The molecule has 0 aliphatic heterocycles. The van der Waals surface area contributed by atoms with E-state index in [0.29, 0.717) is 16.2 Å². The molecule has 0 fully saturated rings. The first kappa shape index (κ1) is 11.4. The van der Waals surface area contributed by atoms with Crippen LogP contribution in [0.4, 0.5) is 0 Å². The summed E-state index contributed by atoms with van der Waals surface area (Å²) >= 11 is 9.20. The molecule has 2 aromatic rings. The Morgan fingerprint density at radius 1 is 1.25 bits per heavy atom. The number of hydrogen-bond donors (Lipinski definition) is 0. The van der Waals surface area contributed by atoms with Crippen LogP contribution in [0.5, 0.6) is 5.75 Å². The third kappa shape index (κ3) is 2.97. The Balaban J connectivity index is 2.05. The zero-order valence-corrected chi connectivity index (χ0v) is 10.7. The molecular weight excluding hydrogens is 289 g/mol.